The SMILES string of the molecule is CCNC(C)CC(C)c1cccc(Br)c1F. The first kappa shape index (κ1) is 13.7. The van der Waals surface area contributed by atoms with Crippen molar-refractivity contribution in [2.45, 2.75) is 39.2 Å². The van der Waals surface area contributed by atoms with E-state index in [-0.39, 0.29) is 11.7 Å². The molecule has 1 nitrogen and oxygen atoms in total. The number of hydrogen-bond donors (Lipinski definition) is 1. The summed E-state index contributed by atoms with van der Waals surface area (Å²) in [5.74, 6) is 0.102. The zero-order chi connectivity index (χ0) is 12.1. The lowest BCUT2D eigenvalue weighted by Gasteiger charge is -2.19. The molecule has 2 unspecified atom stereocenters. The zero-order valence-corrected chi connectivity index (χ0v) is 11.6. The summed E-state index contributed by atoms with van der Waals surface area (Å²) in [7, 11) is 0. The molecule has 1 rings (SSSR count). The molecular weight excluding hydrogens is 269 g/mol. The lowest BCUT2D eigenvalue weighted by molar-refractivity contribution is 0.477. The van der Waals surface area contributed by atoms with Crippen LogP contribution in [-0.4, -0.2) is 12.6 Å². The molecule has 90 valence electrons. The zero-order valence-electron chi connectivity index (χ0n) is 10.1. The summed E-state index contributed by atoms with van der Waals surface area (Å²) in [5.41, 5.74) is 0.791. The third-order valence-corrected chi connectivity index (χ3v) is 3.38. The van der Waals surface area contributed by atoms with Gasteiger partial charge in [-0.15, -0.1) is 0 Å². The lowest BCUT2D eigenvalue weighted by Crippen LogP contribution is -2.27. The Balaban J connectivity index is 2.72. The van der Waals surface area contributed by atoms with Crippen LogP contribution in [0.25, 0.3) is 0 Å². The van der Waals surface area contributed by atoms with E-state index in [1.165, 1.54) is 0 Å². The quantitative estimate of drug-likeness (QED) is 0.861. The molecule has 0 bridgehead atoms. The van der Waals surface area contributed by atoms with Crippen molar-refractivity contribution in [3.8, 4) is 0 Å². The molecule has 0 saturated carbocycles. The van der Waals surface area contributed by atoms with Gasteiger partial charge in [0.15, 0.2) is 0 Å². The van der Waals surface area contributed by atoms with Crippen molar-refractivity contribution in [1.82, 2.24) is 5.32 Å². The third kappa shape index (κ3) is 3.56. The highest BCUT2D eigenvalue weighted by molar-refractivity contribution is 9.10. The van der Waals surface area contributed by atoms with Gasteiger partial charge in [0.05, 0.1) is 4.47 Å². The van der Waals surface area contributed by atoms with E-state index in [2.05, 4.69) is 42.0 Å². The fraction of sp³-hybridized carbons (Fsp3) is 0.538. The van der Waals surface area contributed by atoms with Gasteiger partial charge in [-0.3, -0.25) is 0 Å². The van der Waals surface area contributed by atoms with Gasteiger partial charge < -0.3 is 5.32 Å². The second-order valence-corrected chi connectivity index (χ2v) is 5.09. The van der Waals surface area contributed by atoms with E-state index in [1.54, 1.807) is 6.07 Å². The van der Waals surface area contributed by atoms with Crippen LogP contribution in [0.4, 0.5) is 4.39 Å². The second-order valence-electron chi connectivity index (χ2n) is 4.24. The summed E-state index contributed by atoms with van der Waals surface area (Å²) in [6.45, 7) is 7.24. The van der Waals surface area contributed by atoms with Gasteiger partial charge in [0, 0.05) is 6.04 Å². The van der Waals surface area contributed by atoms with E-state index in [4.69, 9.17) is 0 Å². The van der Waals surface area contributed by atoms with Gasteiger partial charge in [-0.25, -0.2) is 4.39 Å². The first-order valence-corrected chi connectivity index (χ1v) is 6.52. The fourth-order valence-corrected chi connectivity index (χ4v) is 2.37. The van der Waals surface area contributed by atoms with Crippen LogP contribution in [0.1, 0.15) is 38.7 Å². The highest BCUT2D eigenvalue weighted by Gasteiger charge is 2.15. The third-order valence-electron chi connectivity index (χ3n) is 2.77. The highest BCUT2D eigenvalue weighted by Crippen LogP contribution is 2.27. The molecule has 0 spiro atoms. The first-order valence-electron chi connectivity index (χ1n) is 5.73. The van der Waals surface area contributed by atoms with Crippen LogP contribution in [0.3, 0.4) is 0 Å². The summed E-state index contributed by atoms with van der Waals surface area (Å²) >= 11 is 3.22. The Morgan fingerprint density at radius 1 is 1.38 bits per heavy atom. The van der Waals surface area contributed by atoms with E-state index < -0.39 is 0 Å². The summed E-state index contributed by atoms with van der Waals surface area (Å²) in [4.78, 5) is 0. The molecule has 0 amide bonds. The molecule has 0 aromatic heterocycles. The van der Waals surface area contributed by atoms with E-state index in [0.717, 1.165) is 18.5 Å². The van der Waals surface area contributed by atoms with Crippen LogP contribution in [0, 0.1) is 5.82 Å². The molecule has 0 heterocycles. The predicted octanol–water partition coefficient (Wildman–Crippen LogP) is 4.08. The van der Waals surface area contributed by atoms with Crippen molar-refractivity contribution in [1.29, 1.82) is 0 Å². The standard InChI is InChI=1S/C13H19BrFN/c1-4-16-10(3)8-9(2)11-6-5-7-12(14)13(11)15/h5-7,9-10,16H,4,8H2,1-3H3. The molecule has 0 aliphatic rings. The van der Waals surface area contributed by atoms with Crippen LogP contribution in [0.15, 0.2) is 22.7 Å². The average Bonchev–Trinajstić information content (AvgIpc) is 2.22. The van der Waals surface area contributed by atoms with Gasteiger partial charge >= 0.3 is 0 Å². The molecule has 3 heteroatoms. The number of halogens is 2. The van der Waals surface area contributed by atoms with Crippen molar-refractivity contribution in [3.05, 3.63) is 34.1 Å². The van der Waals surface area contributed by atoms with Crippen molar-refractivity contribution in [3.63, 3.8) is 0 Å². The van der Waals surface area contributed by atoms with E-state index in [9.17, 15) is 4.39 Å². The Hall–Kier alpha value is -0.410. The Kier molecular flexibility index (Phi) is 5.42. The van der Waals surface area contributed by atoms with Crippen molar-refractivity contribution in [2.75, 3.05) is 6.54 Å². The van der Waals surface area contributed by atoms with E-state index >= 15 is 0 Å². The normalized spacial score (nSPS) is 14.8. The van der Waals surface area contributed by atoms with Crippen molar-refractivity contribution >= 4 is 15.9 Å². The van der Waals surface area contributed by atoms with Crippen LogP contribution in [0.5, 0.6) is 0 Å². The van der Waals surface area contributed by atoms with Gasteiger partial charge in [0.2, 0.25) is 0 Å². The van der Waals surface area contributed by atoms with Crippen LogP contribution >= 0.6 is 15.9 Å². The number of benzene rings is 1. The molecule has 1 aromatic carbocycles. The summed E-state index contributed by atoms with van der Waals surface area (Å²) in [5, 5.41) is 3.35. The Labute approximate surface area is 106 Å². The number of nitrogens with one attached hydrogen (secondary N) is 1. The minimum Gasteiger partial charge on any atom is -0.315 e. The molecule has 1 aromatic rings. The Bertz CT molecular complexity index is 341. The maximum absolute atomic E-state index is 13.8. The minimum absolute atomic E-state index is 0.126. The minimum atomic E-state index is -0.126. The lowest BCUT2D eigenvalue weighted by atomic mass is 9.94. The largest absolute Gasteiger partial charge is 0.315 e. The molecule has 0 aliphatic carbocycles. The summed E-state index contributed by atoms with van der Waals surface area (Å²) < 4.78 is 14.4. The molecular formula is C13H19BrFN. The van der Waals surface area contributed by atoms with E-state index in [1.807, 2.05) is 12.1 Å². The van der Waals surface area contributed by atoms with Gasteiger partial charge in [0.1, 0.15) is 5.82 Å². The molecule has 16 heavy (non-hydrogen) atoms. The monoisotopic (exact) mass is 287 g/mol. The van der Waals surface area contributed by atoms with Crippen molar-refractivity contribution in [2.24, 2.45) is 0 Å². The van der Waals surface area contributed by atoms with Crippen LogP contribution in [-0.2, 0) is 0 Å². The molecule has 0 fully saturated rings. The van der Waals surface area contributed by atoms with Crippen LogP contribution < -0.4 is 5.32 Å². The van der Waals surface area contributed by atoms with Gasteiger partial charge in [-0.05, 0) is 53.4 Å². The maximum Gasteiger partial charge on any atom is 0.140 e. The van der Waals surface area contributed by atoms with E-state index in [0.29, 0.717) is 10.5 Å². The Morgan fingerprint density at radius 2 is 2.06 bits per heavy atom. The first-order chi connectivity index (χ1) is 7.56. The number of rotatable bonds is 5. The van der Waals surface area contributed by atoms with Gasteiger partial charge in [-0.2, -0.15) is 0 Å². The maximum atomic E-state index is 13.8. The number of hydrogen-bond acceptors (Lipinski definition) is 1. The molecule has 0 radical (unpaired) electrons. The van der Waals surface area contributed by atoms with Gasteiger partial charge in [-0.1, -0.05) is 26.0 Å². The second kappa shape index (κ2) is 6.36. The van der Waals surface area contributed by atoms with Crippen LogP contribution in [0.2, 0.25) is 0 Å². The topological polar surface area (TPSA) is 12.0 Å². The smallest absolute Gasteiger partial charge is 0.140 e. The summed E-state index contributed by atoms with van der Waals surface area (Å²) in [6, 6.07) is 5.90. The molecule has 2 atom stereocenters. The van der Waals surface area contributed by atoms with Gasteiger partial charge in [0.25, 0.3) is 0 Å². The molecule has 0 aliphatic heterocycles. The highest BCUT2D eigenvalue weighted by atomic mass is 79.9. The summed E-state index contributed by atoms with van der Waals surface area (Å²) in [6.07, 6.45) is 0.946. The predicted molar refractivity (Wildman–Crippen MR) is 70.3 cm³/mol. The average molecular weight is 288 g/mol. The molecule has 1 N–H and O–H groups in total. The Morgan fingerprint density at radius 3 is 2.69 bits per heavy atom. The van der Waals surface area contributed by atoms with Crippen molar-refractivity contribution < 1.29 is 4.39 Å². The molecule has 0 saturated heterocycles. The fourth-order valence-electron chi connectivity index (χ4n) is 1.99.